The van der Waals surface area contributed by atoms with Gasteiger partial charge in [0.15, 0.2) is 5.76 Å². The van der Waals surface area contributed by atoms with Gasteiger partial charge in [0, 0.05) is 25.4 Å². The molecular formula is C15H20N4O3. The monoisotopic (exact) mass is 304 g/mol. The number of aromatic nitrogens is 3. The Hall–Kier alpha value is -2.15. The Balaban J connectivity index is 1.57. The summed E-state index contributed by atoms with van der Waals surface area (Å²) in [7, 11) is 1.90. The van der Waals surface area contributed by atoms with Crippen molar-refractivity contribution in [1.82, 2.24) is 20.1 Å². The zero-order valence-corrected chi connectivity index (χ0v) is 12.7. The lowest BCUT2D eigenvalue weighted by atomic mass is 10.0. The molecule has 2 N–H and O–H groups in total. The van der Waals surface area contributed by atoms with E-state index in [1.165, 1.54) is 0 Å². The quantitative estimate of drug-likeness (QED) is 0.879. The van der Waals surface area contributed by atoms with Crippen LogP contribution in [-0.2, 0) is 7.05 Å². The van der Waals surface area contributed by atoms with Crippen LogP contribution in [-0.4, -0.2) is 38.4 Å². The van der Waals surface area contributed by atoms with Gasteiger partial charge in [0.25, 0.3) is 5.91 Å². The largest absolute Gasteiger partial charge is 0.456 e. The number of amides is 1. The van der Waals surface area contributed by atoms with E-state index in [-0.39, 0.29) is 17.7 Å². The standard InChI is InChI=1S/C15H20N4O3/c1-9-3-4-13(22-9)15(21)16-7-11-5-10(6-12(11)20)14-18-17-8-19(14)2/h3-4,8,10-12,20H,5-7H2,1-2H3,(H,16,21)/t10-,11+,12+/m0/s1. The normalized spacial score (nSPS) is 24.6. The first-order chi connectivity index (χ1) is 10.5. The Morgan fingerprint density at radius 1 is 1.50 bits per heavy atom. The first-order valence-corrected chi connectivity index (χ1v) is 7.41. The number of aryl methyl sites for hydroxylation is 2. The zero-order valence-electron chi connectivity index (χ0n) is 12.7. The minimum Gasteiger partial charge on any atom is -0.456 e. The second-order valence-electron chi connectivity index (χ2n) is 5.92. The van der Waals surface area contributed by atoms with Crippen LogP contribution in [0, 0.1) is 12.8 Å². The van der Waals surface area contributed by atoms with Crippen molar-refractivity contribution in [2.45, 2.75) is 31.8 Å². The number of hydrogen-bond acceptors (Lipinski definition) is 5. The first-order valence-electron chi connectivity index (χ1n) is 7.41. The predicted molar refractivity (Wildman–Crippen MR) is 78.3 cm³/mol. The molecular weight excluding hydrogens is 284 g/mol. The molecule has 22 heavy (non-hydrogen) atoms. The maximum Gasteiger partial charge on any atom is 0.287 e. The van der Waals surface area contributed by atoms with Gasteiger partial charge in [-0.1, -0.05) is 0 Å². The number of nitrogens with zero attached hydrogens (tertiary/aromatic N) is 3. The number of hydrogen-bond donors (Lipinski definition) is 2. The highest BCUT2D eigenvalue weighted by Crippen LogP contribution is 2.37. The van der Waals surface area contributed by atoms with E-state index in [0.717, 1.165) is 12.2 Å². The van der Waals surface area contributed by atoms with Gasteiger partial charge in [0.05, 0.1) is 6.10 Å². The summed E-state index contributed by atoms with van der Waals surface area (Å²) in [5.74, 6) is 1.83. The molecule has 2 aromatic heterocycles. The molecule has 118 valence electrons. The van der Waals surface area contributed by atoms with Crippen molar-refractivity contribution in [2.75, 3.05) is 6.54 Å². The molecule has 1 aliphatic carbocycles. The molecule has 7 nitrogen and oxygen atoms in total. The van der Waals surface area contributed by atoms with E-state index < -0.39 is 6.10 Å². The smallest absolute Gasteiger partial charge is 0.287 e. The third kappa shape index (κ3) is 2.89. The molecule has 0 bridgehead atoms. The minimum absolute atomic E-state index is 0.0155. The molecule has 1 fully saturated rings. The summed E-state index contributed by atoms with van der Waals surface area (Å²) < 4.78 is 7.17. The highest BCUT2D eigenvalue weighted by molar-refractivity contribution is 5.91. The van der Waals surface area contributed by atoms with Gasteiger partial charge >= 0.3 is 0 Å². The Labute approximate surface area is 128 Å². The fraction of sp³-hybridized carbons (Fsp3) is 0.533. The van der Waals surface area contributed by atoms with Crippen molar-refractivity contribution in [1.29, 1.82) is 0 Å². The number of nitrogens with one attached hydrogen (secondary N) is 1. The Morgan fingerprint density at radius 3 is 2.95 bits per heavy atom. The third-order valence-electron chi connectivity index (χ3n) is 4.26. The number of furan rings is 1. The van der Waals surface area contributed by atoms with E-state index in [4.69, 9.17) is 4.42 Å². The number of aliphatic hydroxyl groups excluding tert-OH is 1. The predicted octanol–water partition coefficient (Wildman–Crippen LogP) is 1.00. The summed E-state index contributed by atoms with van der Waals surface area (Å²) in [6.45, 7) is 2.22. The van der Waals surface area contributed by atoms with Crippen molar-refractivity contribution < 1.29 is 14.3 Å². The van der Waals surface area contributed by atoms with Gasteiger partial charge in [-0.25, -0.2) is 0 Å². The van der Waals surface area contributed by atoms with Crippen molar-refractivity contribution in [3.63, 3.8) is 0 Å². The van der Waals surface area contributed by atoms with Crippen LogP contribution >= 0.6 is 0 Å². The Bertz CT molecular complexity index is 663. The number of carbonyl (C=O) groups excluding carboxylic acids is 1. The van der Waals surface area contributed by atoms with Gasteiger partial charge in [-0.15, -0.1) is 10.2 Å². The topological polar surface area (TPSA) is 93.2 Å². The fourth-order valence-corrected chi connectivity index (χ4v) is 3.06. The highest BCUT2D eigenvalue weighted by Gasteiger charge is 2.36. The fourth-order valence-electron chi connectivity index (χ4n) is 3.06. The molecule has 0 aliphatic heterocycles. The van der Waals surface area contributed by atoms with Crippen LogP contribution in [0.2, 0.25) is 0 Å². The second kappa shape index (κ2) is 5.92. The van der Waals surface area contributed by atoms with Gasteiger partial charge in [0.1, 0.15) is 17.9 Å². The molecule has 0 unspecified atom stereocenters. The SMILES string of the molecule is Cc1ccc(C(=O)NC[C@H]2C[C@H](c3nncn3C)C[C@H]2O)o1. The molecule has 1 aliphatic rings. The number of rotatable bonds is 4. The highest BCUT2D eigenvalue weighted by atomic mass is 16.3. The summed E-state index contributed by atoms with van der Waals surface area (Å²) in [5, 5.41) is 21.0. The lowest BCUT2D eigenvalue weighted by molar-refractivity contribution is 0.0889. The van der Waals surface area contributed by atoms with Crippen molar-refractivity contribution in [2.24, 2.45) is 13.0 Å². The molecule has 2 heterocycles. The van der Waals surface area contributed by atoms with E-state index in [9.17, 15) is 9.90 Å². The first kappa shape index (κ1) is 14.8. The van der Waals surface area contributed by atoms with E-state index >= 15 is 0 Å². The van der Waals surface area contributed by atoms with Gasteiger partial charge < -0.3 is 19.4 Å². The van der Waals surface area contributed by atoms with E-state index in [1.807, 2.05) is 11.6 Å². The zero-order chi connectivity index (χ0) is 15.7. The molecule has 3 rings (SSSR count). The maximum atomic E-state index is 12.0. The number of carbonyl (C=O) groups is 1. The van der Waals surface area contributed by atoms with Crippen molar-refractivity contribution in [3.8, 4) is 0 Å². The summed E-state index contributed by atoms with van der Waals surface area (Å²) in [4.78, 5) is 12.0. The lowest BCUT2D eigenvalue weighted by Gasteiger charge is -2.14. The maximum absolute atomic E-state index is 12.0. The van der Waals surface area contributed by atoms with Crippen molar-refractivity contribution >= 4 is 5.91 Å². The van der Waals surface area contributed by atoms with E-state index in [2.05, 4.69) is 15.5 Å². The van der Waals surface area contributed by atoms with Crippen LogP contribution in [0.4, 0.5) is 0 Å². The Morgan fingerprint density at radius 2 is 2.32 bits per heavy atom. The molecule has 0 spiro atoms. The van der Waals surface area contributed by atoms with Crippen LogP contribution in [0.1, 0.15) is 40.9 Å². The van der Waals surface area contributed by atoms with Crippen molar-refractivity contribution in [3.05, 3.63) is 35.8 Å². The van der Waals surface area contributed by atoms with E-state index in [0.29, 0.717) is 24.5 Å². The average molecular weight is 304 g/mol. The minimum atomic E-state index is -0.444. The summed E-state index contributed by atoms with van der Waals surface area (Å²) in [6, 6.07) is 3.40. The molecule has 0 radical (unpaired) electrons. The summed E-state index contributed by atoms with van der Waals surface area (Å²) in [5.41, 5.74) is 0. The van der Waals surface area contributed by atoms with Gasteiger partial charge in [-0.05, 0) is 31.9 Å². The molecule has 1 amide bonds. The molecule has 2 aromatic rings. The van der Waals surface area contributed by atoms with E-state index in [1.54, 1.807) is 25.4 Å². The third-order valence-corrected chi connectivity index (χ3v) is 4.26. The lowest BCUT2D eigenvalue weighted by Crippen LogP contribution is -2.32. The van der Waals surface area contributed by atoms with Gasteiger partial charge in [-0.2, -0.15) is 0 Å². The van der Waals surface area contributed by atoms with Crippen LogP contribution in [0.3, 0.4) is 0 Å². The second-order valence-corrected chi connectivity index (χ2v) is 5.92. The summed E-state index contributed by atoms with van der Waals surface area (Å²) in [6.07, 6.45) is 2.65. The molecule has 1 saturated carbocycles. The van der Waals surface area contributed by atoms with Crippen LogP contribution in [0.5, 0.6) is 0 Å². The molecule has 3 atom stereocenters. The summed E-state index contributed by atoms with van der Waals surface area (Å²) >= 11 is 0. The number of aliphatic hydroxyl groups is 1. The van der Waals surface area contributed by atoms with Crippen LogP contribution < -0.4 is 5.32 Å². The molecule has 0 saturated heterocycles. The van der Waals surface area contributed by atoms with Gasteiger partial charge in [0.2, 0.25) is 0 Å². The molecule has 0 aromatic carbocycles. The van der Waals surface area contributed by atoms with Crippen LogP contribution in [0.15, 0.2) is 22.9 Å². The Kier molecular flexibility index (Phi) is 3.98. The van der Waals surface area contributed by atoms with Gasteiger partial charge in [-0.3, -0.25) is 4.79 Å². The van der Waals surface area contributed by atoms with Crippen LogP contribution in [0.25, 0.3) is 0 Å². The molecule has 7 heteroatoms. The average Bonchev–Trinajstić information content (AvgIpc) is 3.17.